The van der Waals surface area contributed by atoms with Gasteiger partial charge in [0.05, 0.1) is 46.2 Å². The van der Waals surface area contributed by atoms with E-state index in [9.17, 15) is 14.3 Å². The Labute approximate surface area is 193 Å². The van der Waals surface area contributed by atoms with Crippen molar-refractivity contribution in [1.82, 2.24) is 19.7 Å². The van der Waals surface area contributed by atoms with Crippen molar-refractivity contribution in [2.75, 3.05) is 18.5 Å². The zero-order valence-electron chi connectivity index (χ0n) is 17.4. The van der Waals surface area contributed by atoms with Gasteiger partial charge in [-0.05, 0) is 37.1 Å². The molecule has 1 unspecified atom stereocenters. The molecule has 0 aliphatic heterocycles. The molecular weight excluding hydrogens is 449 g/mol. The molecule has 170 valence electrons. The number of anilines is 1. The molecular formula is C23H21ClFN5O3. The highest BCUT2D eigenvalue weighted by atomic mass is 35.5. The number of fused-ring (bicyclic) bond motifs is 3. The molecule has 2 aromatic heterocycles. The topological polar surface area (TPSA) is 112 Å². The minimum atomic E-state index is -0.974. The van der Waals surface area contributed by atoms with Crippen LogP contribution in [0.5, 0.6) is 0 Å². The molecule has 5 rings (SSSR count). The van der Waals surface area contributed by atoms with Crippen molar-refractivity contribution in [2.24, 2.45) is 0 Å². The van der Waals surface area contributed by atoms with Gasteiger partial charge in [-0.25, -0.2) is 14.4 Å². The highest BCUT2D eigenvalue weighted by Gasteiger charge is 2.25. The average molecular weight is 470 g/mol. The molecule has 8 nitrogen and oxygen atoms in total. The van der Waals surface area contributed by atoms with Gasteiger partial charge in [0.1, 0.15) is 5.82 Å². The number of amides is 1. The summed E-state index contributed by atoms with van der Waals surface area (Å²) in [5.74, 6) is -0.260. The van der Waals surface area contributed by atoms with Crippen LogP contribution in [0.3, 0.4) is 0 Å². The Kier molecular flexibility index (Phi) is 5.61. The molecule has 1 aliphatic carbocycles. The quantitative estimate of drug-likeness (QED) is 0.331. The van der Waals surface area contributed by atoms with Crippen LogP contribution in [0.25, 0.3) is 27.9 Å². The van der Waals surface area contributed by atoms with Crippen molar-refractivity contribution in [3.63, 3.8) is 0 Å². The zero-order chi connectivity index (χ0) is 23.1. The molecule has 1 fully saturated rings. The summed E-state index contributed by atoms with van der Waals surface area (Å²) in [5.41, 5.74) is 3.13. The maximum Gasteiger partial charge on any atom is 0.253 e. The molecule has 4 aromatic rings. The molecule has 1 amide bonds. The minimum Gasteiger partial charge on any atom is -0.394 e. The minimum absolute atomic E-state index is 0.0602. The standard InChI is InChI=1S/C23H21ClFN5O3/c24-17-7-12(1-5-16(17)23(33)28-14-3-4-14)20-10-27-22-21(26-9-15(32)11-31)29-18-6-2-13(25)8-19(18)30(20)22/h1-2,5-8,10,14-15,31-32H,3-4,9,11H2,(H,26,29)(H,28,33). The normalized spacial score (nSPS) is 14.5. The maximum atomic E-state index is 14.1. The number of rotatable bonds is 7. The second-order valence-corrected chi connectivity index (χ2v) is 8.46. The van der Waals surface area contributed by atoms with Gasteiger partial charge in [-0.3, -0.25) is 9.20 Å². The van der Waals surface area contributed by atoms with Crippen LogP contribution in [0.1, 0.15) is 23.2 Å². The second-order valence-electron chi connectivity index (χ2n) is 8.06. The molecule has 0 bridgehead atoms. The summed E-state index contributed by atoms with van der Waals surface area (Å²) in [4.78, 5) is 21.4. The number of benzene rings is 2. The van der Waals surface area contributed by atoms with Crippen LogP contribution < -0.4 is 10.6 Å². The first-order valence-electron chi connectivity index (χ1n) is 10.5. The van der Waals surface area contributed by atoms with E-state index in [0.717, 1.165) is 12.8 Å². The van der Waals surface area contributed by atoms with Crippen molar-refractivity contribution in [2.45, 2.75) is 25.0 Å². The van der Waals surface area contributed by atoms with E-state index in [1.165, 1.54) is 12.1 Å². The number of aliphatic hydroxyl groups is 2. The lowest BCUT2D eigenvalue weighted by atomic mass is 10.1. The fourth-order valence-corrected chi connectivity index (χ4v) is 3.92. The van der Waals surface area contributed by atoms with Gasteiger partial charge in [0, 0.05) is 24.2 Å². The van der Waals surface area contributed by atoms with Crippen LogP contribution in [-0.2, 0) is 0 Å². The van der Waals surface area contributed by atoms with E-state index in [2.05, 4.69) is 20.6 Å². The van der Waals surface area contributed by atoms with E-state index in [0.29, 0.717) is 44.3 Å². The highest BCUT2D eigenvalue weighted by Crippen LogP contribution is 2.31. The van der Waals surface area contributed by atoms with Crippen LogP contribution in [-0.4, -0.2) is 55.8 Å². The Bertz CT molecular complexity index is 1370. The number of aromatic nitrogens is 3. The number of hydrogen-bond donors (Lipinski definition) is 4. The van der Waals surface area contributed by atoms with Crippen LogP contribution in [0.2, 0.25) is 5.02 Å². The average Bonchev–Trinajstić information content (AvgIpc) is 3.50. The second kappa shape index (κ2) is 8.58. The summed E-state index contributed by atoms with van der Waals surface area (Å²) in [7, 11) is 0. The SMILES string of the molecule is O=C(NC1CC1)c1ccc(-c2cnc3c(NCC(O)CO)nc4ccc(F)cc4n23)cc1Cl. The summed E-state index contributed by atoms with van der Waals surface area (Å²) in [6.07, 6.45) is 2.60. The fraction of sp³-hybridized carbons (Fsp3) is 0.261. The number of carbonyl (C=O) groups is 1. The highest BCUT2D eigenvalue weighted by molar-refractivity contribution is 6.34. The summed E-state index contributed by atoms with van der Waals surface area (Å²) < 4.78 is 15.9. The Balaban J connectivity index is 1.62. The molecule has 0 radical (unpaired) electrons. The molecule has 33 heavy (non-hydrogen) atoms. The molecule has 4 N–H and O–H groups in total. The summed E-state index contributed by atoms with van der Waals surface area (Å²) in [6.45, 7) is -0.342. The lowest BCUT2D eigenvalue weighted by Gasteiger charge is -2.13. The van der Waals surface area contributed by atoms with Gasteiger partial charge in [-0.1, -0.05) is 17.7 Å². The number of carbonyl (C=O) groups excluding carboxylic acids is 1. The fourth-order valence-electron chi connectivity index (χ4n) is 3.65. The molecule has 1 saturated carbocycles. The van der Waals surface area contributed by atoms with Gasteiger partial charge in [0.15, 0.2) is 11.5 Å². The third kappa shape index (κ3) is 4.22. The molecule has 2 heterocycles. The number of nitrogens with zero attached hydrogens (tertiary/aromatic N) is 3. The lowest BCUT2D eigenvalue weighted by Crippen LogP contribution is -2.25. The number of nitrogens with one attached hydrogen (secondary N) is 2. The third-order valence-corrected chi connectivity index (χ3v) is 5.83. The first-order chi connectivity index (χ1) is 15.9. The van der Waals surface area contributed by atoms with E-state index in [-0.39, 0.29) is 18.5 Å². The Morgan fingerprint density at radius 3 is 2.82 bits per heavy atom. The summed E-state index contributed by atoms with van der Waals surface area (Å²) in [5, 5.41) is 25.0. The molecule has 1 atom stereocenters. The summed E-state index contributed by atoms with van der Waals surface area (Å²) in [6, 6.07) is 9.57. The largest absolute Gasteiger partial charge is 0.394 e. The van der Waals surface area contributed by atoms with Gasteiger partial charge in [0.2, 0.25) is 0 Å². The first kappa shape index (κ1) is 21.6. The van der Waals surface area contributed by atoms with E-state index in [4.69, 9.17) is 16.7 Å². The Morgan fingerprint density at radius 1 is 1.27 bits per heavy atom. The Morgan fingerprint density at radius 2 is 2.09 bits per heavy atom. The van der Waals surface area contributed by atoms with Crippen molar-refractivity contribution in [3.05, 3.63) is 59.0 Å². The number of imidazole rings is 1. The van der Waals surface area contributed by atoms with Crippen LogP contribution in [0.4, 0.5) is 10.2 Å². The monoisotopic (exact) mass is 469 g/mol. The van der Waals surface area contributed by atoms with Gasteiger partial charge in [-0.15, -0.1) is 0 Å². The van der Waals surface area contributed by atoms with E-state index >= 15 is 0 Å². The van der Waals surface area contributed by atoms with Crippen molar-refractivity contribution in [3.8, 4) is 11.3 Å². The van der Waals surface area contributed by atoms with Crippen molar-refractivity contribution < 1.29 is 19.4 Å². The maximum absolute atomic E-state index is 14.1. The third-order valence-electron chi connectivity index (χ3n) is 5.52. The molecule has 2 aromatic carbocycles. The van der Waals surface area contributed by atoms with E-state index in [1.54, 1.807) is 34.9 Å². The van der Waals surface area contributed by atoms with Gasteiger partial charge in [-0.2, -0.15) is 0 Å². The zero-order valence-corrected chi connectivity index (χ0v) is 18.2. The van der Waals surface area contributed by atoms with Crippen molar-refractivity contribution >= 4 is 40.0 Å². The predicted octanol–water partition coefficient (Wildman–Crippen LogP) is 3.00. The van der Waals surface area contributed by atoms with Crippen LogP contribution >= 0.6 is 11.6 Å². The van der Waals surface area contributed by atoms with Gasteiger partial charge < -0.3 is 20.8 Å². The summed E-state index contributed by atoms with van der Waals surface area (Å²) >= 11 is 6.44. The number of hydrogen-bond acceptors (Lipinski definition) is 6. The predicted molar refractivity (Wildman–Crippen MR) is 123 cm³/mol. The molecule has 0 saturated heterocycles. The molecule has 0 spiro atoms. The smallest absolute Gasteiger partial charge is 0.253 e. The van der Waals surface area contributed by atoms with E-state index < -0.39 is 18.5 Å². The van der Waals surface area contributed by atoms with Crippen molar-refractivity contribution in [1.29, 1.82) is 0 Å². The van der Waals surface area contributed by atoms with Gasteiger partial charge in [0.25, 0.3) is 5.91 Å². The molecule has 10 heteroatoms. The molecule has 1 aliphatic rings. The van der Waals surface area contributed by atoms with Gasteiger partial charge >= 0.3 is 0 Å². The lowest BCUT2D eigenvalue weighted by molar-refractivity contribution is 0.0951. The van der Waals surface area contributed by atoms with E-state index in [1.807, 2.05) is 0 Å². The Hall–Kier alpha value is -3.27. The first-order valence-corrected chi connectivity index (χ1v) is 10.9. The van der Waals surface area contributed by atoms with Crippen LogP contribution in [0, 0.1) is 5.82 Å². The van der Waals surface area contributed by atoms with Crippen LogP contribution in [0.15, 0.2) is 42.6 Å². The number of halogens is 2. The number of aliphatic hydroxyl groups excluding tert-OH is 2.